The fraction of sp³-hybridized carbons (Fsp3) is 0.636. The normalized spacial score (nSPS) is 13.3. The molecule has 1 rings (SSSR count). The number of benzene rings is 1. The summed E-state index contributed by atoms with van der Waals surface area (Å²) in [5, 5.41) is 5.70. The van der Waals surface area contributed by atoms with Crippen LogP contribution in [0.5, 0.6) is 0 Å². The third kappa shape index (κ3) is 13.9. The molecule has 9 nitrogen and oxygen atoms in total. The van der Waals surface area contributed by atoms with Gasteiger partial charge in [-0.2, -0.15) is 0 Å². The van der Waals surface area contributed by atoms with Crippen molar-refractivity contribution in [1.82, 2.24) is 15.5 Å². The molecular formula is C33H52N4O5. The first-order valence-corrected chi connectivity index (χ1v) is 15.3. The van der Waals surface area contributed by atoms with Crippen LogP contribution < -0.4 is 16.4 Å². The van der Waals surface area contributed by atoms with Crippen LogP contribution in [0, 0.1) is 12.3 Å². The first kappa shape index (κ1) is 36.5. The molecule has 0 aliphatic carbocycles. The van der Waals surface area contributed by atoms with E-state index in [1.54, 1.807) is 45.0 Å². The lowest BCUT2D eigenvalue weighted by Gasteiger charge is -2.35. The van der Waals surface area contributed by atoms with Crippen molar-refractivity contribution in [2.75, 3.05) is 6.54 Å². The molecule has 4 amide bonds. The van der Waals surface area contributed by atoms with Crippen LogP contribution in [0.4, 0.5) is 4.79 Å². The quantitative estimate of drug-likeness (QED) is 0.158. The molecule has 4 N–H and O–H groups in total. The maximum absolute atomic E-state index is 14.3. The van der Waals surface area contributed by atoms with Gasteiger partial charge in [-0.15, -0.1) is 6.42 Å². The van der Waals surface area contributed by atoms with E-state index in [0.717, 1.165) is 44.9 Å². The number of nitrogens with two attached hydrogens (primary N) is 1. The second-order valence-electron chi connectivity index (χ2n) is 11.9. The van der Waals surface area contributed by atoms with E-state index in [9.17, 15) is 19.2 Å². The van der Waals surface area contributed by atoms with Gasteiger partial charge in [0.15, 0.2) is 0 Å². The van der Waals surface area contributed by atoms with Gasteiger partial charge in [0.25, 0.3) is 0 Å². The third-order valence-electron chi connectivity index (χ3n) is 6.77. The minimum absolute atomic E-state index is 0.0307. The van der Waals surface area contributed by atoms with Crippen molar-refractivity contribution in [3.05, 3.63) is 35.4 Å². The molecule has 0 aliphatic rings. The molecule has 0 aliphatic heterocycles. The van der Waals surface area contributed by atoms with Gasteiger partial charge in [0.05, 0.1) is 0 Å². The minimum atomic E-state index is -1.12. The highest BCUT2D eigenvalue weighted by molar-refractivity contribution is 5.92. The molecule has 0 heterocycles. The summed E-state index contributed by atoms with van der Waals surface area (Å²) >= 11 is 0. The number of alkyl carbamates (subject to hydrolysis) is 1. The predicted octanol–water partition coefficient (Wildman–Crippen LogP) is 5.36. The highest BCUT2D eigenvalue weighted by Gasteiger charge is 2.36. The first-order valence-electron chi connectivity index (χ1n) is 15.3. The summed E-state index contributed by atoms with van der Waals surface area (Å²) in [5.41, 5.74) is 5.86. The predicted molar refractivity (Wildman–Crippen MR) is 166 cm³/mol. The van der Waals surface area contributed by atoms with E-state index in [4.69, 9.17) is 16.9 Å². The lowest BCUT2D eigenvalue weighted by atomic mass is 9.99. The zero-order valence-corrected chi connectivity index (χ0v) is 26.5. The fourth-order valence-electron chi connectivity index (χ4n) is 4.68. The van der Waals surface area contributed by atoms with E-state index in [1.165, 1.54) is 4.90 Å². The Morgan fingerprint density at radius 2 is 1.57 bits per heavy atom. The number of terminal acetylenes is 1. The number of nitrogens with one attached hydrogen (secondary N) is 2. The number of carbonyl (C=O) groups is 4. The molecule has 3 unspecified atom stereocenters. The molecule has 3 atom stereocenters. The number of amides is 4. The Hall–Kier alpha value is -3.54. The number of rotatable bonds is 18. The largest absolute Gasteiger partial charge is 0.444 e. The number of carbonyl (C=O) groups excluding carboxylic acids is 4. The van der Waals surface area contributed by atoms with Crippen LogP contribution in [0.3, 0.4) is 0 Å². The van der Waals surface area contributed by atoms with E-state index >= 15 is 0 Å². The van der Waals surface area contributed by atoms with E-state index in [2.05, 4.69) is 23.5 Å². The van der Waals surface area contributed by atoms with Crippen molar-refractivity contribution in [1.29, 1.82) is 0 Å². The summed E-state index contributed by atoms with van der Waals surface area (Å²) in [6.07, 6.45) is 12.2. The van der Waals surface area contributed by atoms with Crippen molar-refractivity contribution in [2.24, 2.45) is 5.73 Å². The minimum Gasteiger partial charge on any atom is -0.444 e. The molecule has 234 valence electrons. The van der Waals surface area contributed by atoms with Crippen LogP contribution >= 0.6 is 0 Å². The first-order chi connectivity index (χ1) is 19.8. The van der Waals surface area contributed by atoms with Crippen molar-refractivity contribution in [2.45, 2.75) is 129 Å². The van der Waals surface area contributed by atoms with E-state index in [1.807, 2.05) is 13.8 Å². The van der Waals surface area contributed by atoms with Crippen LogP contribution in [0.25, 0.3) is 0 Å². The number of hydrogen-bond donors (Lipinski definition) is 3. The Morgan fingerprint density at radius 1 is 0.952 bits per heavy atom. The van der Waals surface area contributed by atoms with Crippen LogP contribution in [-0.4, -0.2) is 52.9 Å². The summed E-state index contributed by atoms with van der Waals surface area (Å²) in [6.45, 7) is 11.6. The fourth-order valence-corrected chi connectivity index (χ4v) is 4.68. The molecule has 0 spiro atoms. The summed E-state index contributed by atoms with van der Waals surface area (Å²) in [4.78, 5) is 54.1. The Bertz CT molecular complexity index is 1040. The van der Waals surface area contributed by atoms with Gasteiger partial charge in [-0.25, -0.2) is 4.79 Å². The molecule has 0 radical (unpaired) electrons. The summed E-state index contributed by atoms with van der Waals surface area (Å²) in [5.74, 6) is 1.17. The zero-order chi connectivity index (χ0) is 31.7. The molecule has 0 bridgehead atoms. The van der Waals surface area contributed by atoms with Gasteiger partial charge < -0.3 is 26.0 Å². The molecule has 9 heteroatoms. The number of hydrogen-bond acceptors (Lipinski definition) is 5. The smallest absolute Gasteiger partial charge is 0.408 e. The Balaban J connectivity index is 3.52. The molecule has 1 aromatic rings. The summed E-state index contributed by atoms with van der Waals surface area (Å²) < 4.78 is 5.40. The maximum Gasteiger partial charge on any atom is 0.408 e. The van der Waals surface area contributed by atoms with E-state index in [0.29, 0.717) is 17.5 Å². The van der Waals surface area contributed by atoms with Crippen LogP contribution in [-0.2, 0) is 19.1 Å². The molecular weight excluding hydrogens is 532 g/mol. The lowest BCUT2D eigenvalue weighted by molar-refractivity contribution is -0.143. The standard InChI is InChI=1S/C33H52N4O5/c1-8-11-12-13-14-15-23-37(31(40)27(21-22-28(34)38)36-32(41)42-33(5,6)7)29(30(39)35-24(4)16-9-2)26-19-17-25(10-3)18-20-26/h3,17-20,24,27,29H,8-9,11-16,21-23H2,1-2,4-7H3,(H2,34,38)(H,35,39)(H,36,41). The second-order valence-corrected chi connectivity index (χ2v) is 11.9. The number of ether oxygens (including phenoxy) is 1. The molecule has 0 saturated carbocycles. The van der Waals surface area contributed by atoms with E-state index < -0.39 is 35.6 Å². The average Bonchev–Trinajstić information content (AvgIpc) is 2.91. The van der Waals surface area contributed by atoms with Gasteiger partial charge in [-0.3, -0.25) is 14.4 Å². The van der Waals surface area contributed by atoms with Crippen molar-refractivity contribution >= 4 is 23.8 Å². The van der Waals surface area contributed by atoms with Crippen molar-refractivity contribution in [3.8, 4) is 12.3 Å². The molecule has 0 aromatic heterocycles. The molecule has 0 saturated heterocycles. The number of primary amides is 1. The summed E-state index contributed by atoms with van der Waals surface area (Å²) in [6, 6.07) is 4.78. The van der Waals surface area contributed by atoms with Gasteiger partial charge in [0.2, 0.25) is 17.7 Å². The monoisotopic (exact) mass is 584 g/mol. The second kappa shape index (κ2) is 18.8. The van der Waals surface area contributed by atoms with E-state index in [-0.39, 0.29) is 31.3 Å². The molecule has 0 fully saturated rings. The average molecular weight is 585 g/mol. The van der Waals surface area contributed by atoms with Gasteiger partial charge in [0.1, 0.15) is 17.7 Å². The Kier molecular flexibility index (Phi) is 16.3. The molecule has 1 aromatic carbocycles. The SMILES string of the molecule is C#Cc1ccc(C(C(=O)NC(C)CCC)N(CCCCCCCC)C(=O)C(CCC(N)=O)NC(=O)OC(C)(C)C)cc1. The Labute approximate surface area is 252 Å². The van der Waals surface area contributed by atoms with Gasteiger partial charge in [-0.1, -0.05) is 70.4 Å². The van der Waals surface area contributed by atoms with Crippen molar-refractivity contribution < 1.29 is 23.9 Å². The van der Waals surface area contributed by atoms with Crippen LogP contribution in [0.2, 0.25) is 0 Å². The summed E-state index contributed by atoms with van der Waals surface area (Å²) in [7, 11) is 0. The zero-order valence-electron chi connectivity index (χ0n) is 26.5. The highest BCUT2D eigenvalue weighted by Crippen LogP contribution is 2.25. The van der Waals surface area contributed by atoms with Gasteiger partial charge in [0, 0.05) is 24.6 Å². The lowest BCUT2D eigenvalue weighted by Crippen LogP contribution is -2.54. The highest BCUT2D eigenvalue weighted by atomic mass is 16.6. The third-order valence-corrected chi connectivity index (χ3v) is 6.77. The topological polar surface area (TPSA) is 131 Å². The van der Waals surface area contributed by atoms with Crippen molar-refractivity contribution in [3.63, 3.8) is 0 Å². The van der Waals surface area contributed by atoms with Gasteiger partial charge in [-0.05, 0) is 64.7 Å². The van der Waals surface area contributed by atoms with Crippen LogP contribution in [0.1, 0.15) is 123 Å². The van der Waals surface area contributed by atoms with Crippen LogP contribution in [0.15, 0.2) is 24.3 Å². The van der Waals surface area contributed by atoms with Gasteiger partial charge >= 0.3 is 6.09 Å². The number of unbranched alkanes of at least 4 members (excludes halogenated alkanes) is 5. The Morgan fingerprint density at radius 3 is 2.12 bits per heavy atom. The molecule has 42 heavy (non-hydrogen) atoms. The number of nitrogens with zero attached hydrogens (tertiary/aromatic N) is 1. The maximum atomic E-state index is 14.3.